The summed E-state index contributed by atoms with van der Waals surface area (Å²) < 4.78 is 0.933. The first-order valence-corrected chi connectivity index (χ1v) is 4.43. The summed E-state index contributed by atoms with van der Waals surface area (Å²) in [5, 5.41) is 5.95. The Morgan fingerprint density at radius 2 is 2.70 bits per heavy atom. The lowest BCUT2D eigenvalue weighted by atomic mass is 10.6. The van der Waals surface area contributed by atoms with Crippen molar-refractivity contribution < 1.29 is 0 Å². The van der Waals surface area contributed by atoms with E-state index < -0.39 is 0 Å². The van der Waals surface area contributed by atoms with Crippen LogP contribution in [0.25, 0.3) is 0 Å². The molecule has 1 heterocycles. The highest BCUT2D eigenvalue weighted by atomic mass is 79.9. The molecule has 0 saturated heterocycles. The van der Waals surface area contributed by atoms with Crippen molar-refractivity contribution in [2.24, 2.45) is 0 Å². The molecule has 0 aliphatic heterocycles. The van der Waals surface area contributed by atoms with Gasteiger partial charge in [-0.05, 0) is 0 Å². The van der Waals surface area contributed by atoms with E-state index >= 15 is 0 Å². The van der Waals surface area contributed by atoms with E-state index in [-0.39, 0.29) is 0 Å². The van der Waals surface area contributed by atoms with Crippen LogP contribution in [-0.2, 0) is 0 Å². The summed E-state index contributed by atoms with van der Waals surface area (Å²) in [6.45, 7) is 4.42. The Kier molecular flexibility index (Phi) is 2.89. The fourth-order valence-electron chi connectivity index (χ4n) is 0.482. The molecule has 0 amide bonds. The molecule has 0 unspecified atom stereocenters. The molecule has 1 N–H and O–H groups in total. The Morgan fingerprint density at radius 1 is 1.90 bits per heavy atom. The maximum atomic E-state index is 4.03. The molecular formula is C6H7BrN2S. The number of rotatable bonds is 3. The second kappa shape index (κ2) is 3.73. The van der Waals surface area contributed by atoms with Gasteiger partial charge in [-0.15, -0.1) is 11.3 Å². The van der Waals surface area contributed by atoms with E-state index in [2.05, 4.69) is 32.8 Å². The second-order valence-electron chi connectivity index (χ2n) is 1.71. The van der Waals surface area contributed by atoms with Gasteiger partial charge in [0, 0.05) is 22.6 Å². The van der Waals surface area contributed by atoms with Crippen LogP contribution in [0, 0.1) is 0 Å². The van der Waals surface area contributed by atoms with E-state index in [0.717, 1.165) is 16.2 Å². The minimum Gasteiger partial charge on any atom is -0.357 e. The van der Waals surface area contributed by atoms with E-state index in [4.69, 9.17) is 0 Å². The number of halogens is 1. The number of nitrogens with zero attached hydrogens (tertiary/aromatic N) is 1. The lowest BCUT2D eigenvalue weighted by Gasteiger charge is -1.97. The average molecular weight is 219 g/mol. The maximum Gasteiger partial charge on any atom is 0.182 e. The Labute approximate surface area is 72.1 Å². The van der Waals surface area contributed by atoms with Gasteiger partial charge in [-0.1, -0.05) is 22.5 Å². The van der Waals surface area contributed by atoms with Crippen molar-refractivity contribution in [2.75, 3.05) is 11.9 Å². The fraction of sp³-hybridized carbons (Fsp3) is 0.167. The van der Waals surface area contributed by atoms with Gasteiger partial charge in [0.05, 0.1) is 0 Å². The minimum absolute atomic E-state index is 0.730. The standard InChI is InChI=1S/C6H7BrN2S/c1-5(7)4-9-6-8-2-3-10-6/h2-3H,1,4H2,(H,8,9). The fourth-order valence-corrected chi connectivity index (χ4v) is 1.15. The molecule has 0 radical (unpaired) electrons. The van der Waals surface area contributed by atoms with Crippen molar-refractivity contribution in [3.05, 3.63) is 22.6 Å². The van der Waals surface area contributed by atoms with Gasteiger partial charge in [0.1, 0.15) is 0 Å². The third-order valence-corrected chi connectivity index (χ3v) is 1.87. The summed E-state index contributed by atoms with van der Waals surface area (Å²) in [5.74, 6) is 0. The lowest BCUT2D eigenvalue weighted by Crippen LogP contribution is -1.99. The molecule has 0 aromatic carbocycles. The smallest absolute Gasteiger partial charge is 0.182 e. The minimum atomic E-state index is 0.730. The zero-order chi connectivity index (χ0) is 7.40. The first-order chi connectivity index (χ1) is 4.79. The summed E-state index contributed by atoms with van der Waals surface area (Å²) in [6, 6.07) is 0. The Morgan fingerprint density at radius 3 is 3.20 bits per heavy atom. The third-order valence-electron chi connectivity index (χ3n) is 0.864. The van der Waals surface area contributed by atoms with Crippen LogP contribution in [0.5, 0.6) is 0 Å². The zero-order valence-corrected chi connectivity index (χ0v) is 7.70. The number of thiazole rings is 1. The van der Waals surface area contributed by atoms with Gasteiger partial charge in [-0.2, -0.15) is 0 Å². The summed E-state index contributed by atoms with van der Waals surface area (Å²) in [6.07, 6.45) is 1.77. The van der Waals surface area contributed by atoms with Crippen molar-refractivity contribution in [2.45, 2.75) is 0 Å². The van der Waals surface area contributed by atoms with Crippen LogP contribution in [0.15, 0.2) is 22.6 Å². The first-order valence-electron chi connectivity index (χ1n) is 2.75. The van der Waals surface area contributed by atoms with Crippen LogP contribution in [0.2, 0.25) is 0 Å². The van der Waals surface area contributed by atoms with E-state index in [9.17, 15) is 0 Å². The van der Waals surface area contributed by atoms with Crippen LogP contribution in [-0.4, -0.2) is 11.5 Å². The van der Waals surface area contributed by atoms with Crippen molar-refractivity contribution in [3.63, 3.8) is 0 Å². The van der Waals surface area contributed by atoms with Crippen LogP contribution >= 0.6 is 27.3 Å². The summed E-state index contributed by atoms with van der Waals surface area (Å²) >= 11 is 4.82. The largest absolute Gasteiger partial charge is 0.357 e. The van der Waals surface area contributed by atoms with Crippen LogP contribution in [0.3, 0.4) is 0 Å². The normalized spacial score (nSPS) is 9.30. The summed E-state index contributed by atoms with van der Waals surface area (Å²) in [7, 11) is 0. The number of hydrogen-bond acceptors (Lipinski definition) is 3. The number of nitrogens with one attached hydrogen (secondary N) is 1. The molecule has 4 heteroatoms. The molecule has 0 aliphatic carbocycles. The van der Waals surface area contributed by atoms with E-state index in [1.54, 1.807) is 17.5 Å². The SMILES string of the molecule is C=C(Br)CNc1nccs1. The van der Waals surface area contributed by atoms with E-state index in [0.29, 0.717) is 0 Å². The third kappa shape index (κ3) is 2.49. The van der Waals surface area contributed by atoms with Crippen molar-refractivity contribution in [1.82, 2.24) is 4.98 Å². The van der Waals surface area contributed by atoms with Gasteiger partial charge < -0.3 is 5.32 Å². The van der Waals surface area contributed by atoms with Gasteiger partial charge in [-0.3, -0.25) is 0 Å². The molecule has 1 aromatic rings. The van der Waals surface area contributed by atoms with Crippen molar-refractivity contribution in [1.29, 1.82) is 0 Å². The lowest BCUT2D eigenvalue weighted by molar-refractivity contribution is 1.28. The monoisotopic (exact) mass is 218 g/mol. The Bertz CT molecular complexity index is 208. The topological polar surface area (TPSA) is 24.9 Å². The molecular weight excluding hydrogens is 212 g/mol. The maximum absolute atomic E-state index is 4.03. The van der Waals surface area contributed by atoms with Gasteiger partial charge in [-0.25, -0.2) is 4.98 Å². The van der Waals surface area contributed by atoms with Gasteiger partial charge in [0.15, 0.2) is 5.13 Å². The highest BCUT2D eigenvalue weighted by molar-refractivity contribution is 9.11. The molecule has 1 aromatic heterocycles. The Balaban J connectivity index is 2.35. The zero-order valence-electron chi connectivity index (χ0n) is 5.30. The molecule has 0 aliphatic rings. The van der Waals surface area contributed by atoms with Crippen molar-refractivity contribution >= 4 is 32.4 Å². The van der Waals surface area contributed by atoms with E-state index in [1.165, 1.54) is 0 Å². The highest BCUT2D eigenvalue weighted by Gasteiger charge is 1.91. The molecule has 10 heavy (non-hydrogen) atoms. The predicted octanol–water partition coefficient (Wildman–Crippen LogP) is 2.46. The van der Waals surface area contributed by atoms with Crippen molar-refractivity contribution in [3.8, 4) is 0 Å². The Hall–Kier alpha value is -0.350. The molecule has 0 atom stereocenters. The molecule has 0 spiro atoms. The molecule has 54 valence electrons. The van der Waals surface area contributed by atoms with Gasteiger partial charge >= 0.3 is 0 Å². The van der Waals surface area contributed by atoms with Crippen LogP contribution in [0.4, 0.5) is 5.13 Å². The van der Waals surface area contributed by atoms with Gasteiger partial charge in [0.2, 0.25) is 0 Å². The molecule has 0 fully saturated rings. The quantitative estimate of drug-likeness (QED) is 0.844. The summed E-state index contributed by atoms with van der Waals surface area (Å²) in [5.41, 5.74) is 0. The summed E-state index contributed by atoms with van der Waals surface area (Å²) in [4.78, 5) is 4.03. The van der Waals surface area contributed by atoms with Crippen LogP contribution in [0.1, 0.15) is 0 Å². The molecule has 2 nitrogen and oxygen atoms in total. The number of anilines is 1. The molecule has 0 saturated carbocycles. The number of hydrogen-bond donors (Lipinski definition) is 1. The van der Waals surface area contributed by atoms with Gasteiger partial charge in [0.25, 0.3) is 0 Å². The highest BCUT2D eigenvalue weighted by Crippen LogP contribution is 2.11. The average Bonchev–Trinajstić information content (AvgIpc) is 2.34. The van der Waals surface area contributed by atoms with E-state index in [1.807, 2.05) is 5.38 Å². The molecule has 0 bridgehead atoms. The van der Waals surface area contributed by atoms with Crippen LogP contribution < -0.4 is 5.32 Å². The first kappa shape index (κ1) is 7.75. The molecule has 1 rings (SSSR count). The second-order valence-corrected chi connectivity index (χ2v) is 3.72. The predicted molar refractivity (Wildman–Crippen MR) is 48.7 cm³/mol. The number of aromatic nitrogens is 1.